The van der Waals surface area contributed by atoms with Crippen LogP contribution in [0.15, 0.2) is 83.8 Å². The molecule has 0 spiro atoms. The van der Waals surface area contributed by atoms with E-state index >= 15 is 0 Å². The van der Waals surface area contributed by atoms with Crippen molar-refractivity contribution in [2.75, 3.05) is 35.8 Å². The Morgan fingerprint density at radius 2 is 1.39 bits per heavy atom. The van der Waals surface area contributed by atoms with Crippen LogP contribution >= 0.6 is 0 Å². The van der Waals surface area contributed by atoms with Gasteiger partial charge in [0.25, 0.3) is 10.0 Å². The summed E-state index contributed by atoms with van der Waals surface area (Å²) >= 11 is 0. The Morgan fingerprint density at radius 3 is 1.97 bits per heavy atom. The van der Waals surface area contributed by atoms with Crippen LogP contribution in [0.1, 0.15) is 31.9 Å². The van der Waals surface area contributed by atoms with Crippen molar-refractivity contribution in [1.82, 2.24) is 4.90 Å². The van der Waals surface area contributed by atoms with E-state index in [1.807, 2.05) is 42.5 Å². The zero-order valence-corrected chi connectivity index (χ0v) is 20.5. The Hall–Kier alpha value is -2.83. The molecule has 3 aromatic rings. The van der Waals surface area contributed by atoms with Gasteiger partial charge in [-0.3, -0.25) is 9.62 Å². The largest absolute Gasteiger partial charge is 0.369 e. The second kappa shape index (κ2) is 9.57. The lowest BCUT2D eigenvalue weighted by Gasteiger charge is -2.36. The molecule has 1 heterocycles. The number of nitrogens with zero attached hydrogens (tertiary/aromatic N) is 2. The molecule has 1 aliphatic heterocycles. The highest BCUT2D eigenvalue weighted by Gasteiger charge is 2.19. The number of rotatable bonds is 6. The van der Waals surface area contributed by atoms with Crippen molar-refractivity contribution in [3.8, 4) is 0 Å². The average molecular weight is 464 g/mol. The summed E-state index contributed by atoms with van der Waals surface area (Å²) in [5.74, 6) is 0. The number of piperazine rings is 1. The molecular weight excluding hydrogens is 430 g/mol. The zero-order valence-electron chi connectivity index (χ0n) is 19.7. The van der Waals surface area contributed by atoms with Gasteiger partial charge in [-0.1, -0.05) is 63.2 Å². The second-order valence-electron chi connectivity index (χ2n) is 9.68. The maximum absolute atomic E-state index is 12.8. The molecule has 1 aliphatic rings. The van der Waals surface area contributed by atoms with Crippen LogP contribution in [0.2, 0.25) is 0 Å². The average Bonchev–Trinajstić information content (AvgIpc) is 2.80. The van der Waals surface area contributed by atoms with Gasteiger partial charge in [-0.05, 0) is 52.9 Å². The van der Waals surface area contributed by atoms with Gasteiger partial charge in [-0.2, -0.15) is 0 Å². The molecule has 5 nitrogen and oxygen atoms in total. The topological polar surface area (TPSA) is 52.7 Å². The van der Waals surface area contributed by atoms with Crippen LogP contribution in [0.4, 0.5) is 11.4 Å². The van der Waals surface area contributed by atoms with Gasteiger partial charge in [0.2, 0.25) is 0 Å². The normalized spacial score (nSPS) is 15.4. The molecule has 0 radical (unpaired) electrons. The Bertz CT molecular complexity index is 1140. The SMILES string of the molecule is CC(C)(C)c1ccc(S(=O)(=O)Nc2ccc(N3CCN(Cc4ccccc4)CC3)cc2)cc1. The summed E-state index contributed by atoms with van der Waals surface area (Å²) in [6.45, 7) is 11.2. The van der Waals surface area contributed by atoms with E-state index in [0.29, 0.717) is 5.69 Å². The Balaban J connectivity index is 1.34. The first-order chi connectivity index (χ1) is 15.7. The number of anilines is 2. The van der Waals surface area contributed by atoms with Gasteiger partial charge in [-0.15, -0.1) is 0 Å². The standard InChI is InChI=1S/C27H33N3O2S/c1-27(2,3)23-9-15-26(16-10-23)33(31,32)28-24-11-13-25(14-12-24)30-19-17-29(18-20-30)21-22-7-5-4-6-8-22/h4-16,28H,17-21H2,1-3H3. The molecule has 4 rings (SSSR count). The van der Waals surface area contributed by atoms with E-state index in [9.17, 15) is 8.42 Å². The summed E-state index contributed by atoms with van der Waals surface area (Å²) in [7, 11) is -3.62. The highest BCUT2D eigenvalue weighted by atomic mass is 32.2. The lowest BCUT2D eigenvalue weighted by molar-refractivity contribution is 0.250. The summed E-state index contributed by atoms with van der Waals surface area (Å²) in [5.41, 5.74) is 4.12. The molecule has 1 saturated heterocycles. The van der Waals surface area contributed by atoms with Gasteiger partial charge in [0, 0.05) is 44.1 Å². The molecule has 0 unspecified atom stereocenters. The van der Waals surface area contributed by atoms with E-state index < -0.39 is 10.0 Å². The van der Waals surface area contributed by atoms with Crippen LogP contribution in [0.25, 0.3) is 0 Å². The van der Waals surface area contributed by atoms with Crippen LogP contribution in [0.5, 0.6) is 0 Å². The molecule has 33 heavy (non-hydrogen) atoms. The van der Waals surface area contributed by atoms with Gasteiger partial charge in [-0.25, -0.2) is 8.42 Å². The monoisotopic (exact) mass is 463 g/mol. The summed E-state index contributed by atoms with van der Waals surface area (Å²) in [5, 5.41) is 0. The van der Waals surface area contributed by atoms with Crippen molar-refractivity contribution in [2.45, 2.75) is 37.6 Å². The minimum absolute atomic E-state index is 0.0153. The van der Waals surface area contributed by atoms with Crippen molar-refractivity contribution < 1.29 is 8.42 Å². The first-order valence-electron chi connectivity index (χ1n) is 11.5. The van der Waals surface area contributed by atoms with Crippen LogP contribution in [-0.2, 0) is 22.0 Å². The number of benzene rings is 3. The van der Waals surface area contributed by atoms with Crippen molar-refractivity contribution >= 4 is 21.4 Å². The predicted octanol–water partition coefficient (Wildman–Crippen LogP) is 5.11. The summed E-state index contributed by atoms with van der Waals surface area (Å²) in [6.07, 6.45) is 0. The van der Waals surface area contributed by atoms with Crippen LogP contribution in [0, 0.1) is 0 Å². The third kappa shape index (κ3) is 5.95. The molecule has 1 fully saturated rings. The summed E-state index contributed by atoms with van der Waals surface area (Å²) < 4.78 is 28.3. The minimum Gasteiger partial charge on any atom is -0.369 e. The molecule has 3 aromatic carbocycles. The maximum atomic E-state index is 12.8. The molecule has 0 atom stereocenters. The van der Waals surface area contributed by atoms with E-state index in [1.165, 1.54) is 5.56 Å². The smallest absolute Gasteiger partial charge is 0.261 e. The Labute approximate surface area is 198 Å². The molecule has 0 aromatic heterocycles. The van der Waals surface area contributed by atoms with Crippen LogP contribution in [0.3, 0.4) is 0 Å². The van der Waals surface area contributed by atoms with Gasteiger partial charge in [0.05, 0.1) is 4.90 Å². The summed E-state index contributed by atoms with van der Waals surface area (Å²) in [6, 6.07) is 25.3. The molecule has 174 valence electrons. The quantitative estimate of drug-likeness (QED) is 0.552. The first-order valence-corrected chi connectivity index (χ1v) is 12.9. The number of sulfonamides is 1. The predicted molar refractivity (Wildman–Crippen MR) is 136 cm³/mol. The Kier molecular flexibility index (Phi) is 6.77. The van der Waals surface area contributed by atoms with Crippen LogP contribution < -0.4 is 9.62 Å². The molecule has 1 N–H and O–H groups in total. The minimum atomic E-state index is -3.62. The highest BCUT2D eigenvalue weighted by molar-refractivity contribution is 7.92. The van der Waals surface area contributed by atoms with Gasteiger partial charge in [0.15, 0.2) is 0 Å². The first kappa shape index (κ1) is 23.3. The fraction of sp³-hybridized carbons (Fsp3) is 0.333. The molecule has 0 aliphatic carbocycles. The third-order valence-corrected chi connectivity index (χ3v) is 7.53. The zero-order chi connectivity index (χ0) is 23.5. The molecular formula is C27H33N3O2S. The van der Waals surface area contributed by atoms with Gasteiger partial charge >= 0.3 is 0 Å². The van der Waals surface area contributed by atoms with E-state index in [4.69, 9.17) is 0 Å². The number of hydrogen-bond acceptors (Lipinski definition) is 4. The Morgan fingerprint density at radius 1 is 0.788 bits per heavy atom. The third-order valence-electron chi connectivity index (χ3n) is 6.14. The van der Waals surface area contributed by atoms with Crippen molar-refractivity contribution in [3.63, 3.8) is 0 Å². The number of hydrogen-bond donors (Lipinski definition) is 1. The van der Waals surface area contributed by atoms with E-state index in [1.54, 1.807) is 12.1 Å². The summed E-state index contributed by atoms with van der Waals surface area (Å²) in [4.78, 5) is 5.10. The fourth-order valence-corrected chi connectivity index (χ4v) is 5.15. The van der Waals surface area contributed by atoms with E-state index in [0.717, 1.165) is 44.0 Å². The lowest BCUT2D eigenvalue weighted by atomic mass is 9.87. The molecule has 0 bridgehead atoms. The molecule has 0 amide bonds. The number of nitrogens with one attached hydrogen (secondary N) is 1. The van der Waals surface area contributed by atoms with Crippen LogP contribution in [-0.4, -0.2) is 39.5 Å². The van der Waals surface area contributed by atoms with E-state index in [-0.39, 0.29) is 10.3 Å². The van der Waals surface area contributed by atoms with Crippen molar-refractivity contribution in [3.05, 3.63) is 90.0 Å². The highest BCUT2D eigenvalue weighted by Crippen LogP contribution is 2.25. The maximum Gasteiger partial charge on any atom is 0.261 e. The fourth-order valence-electron chi connectivity index (χ4n) is 4.09. The lowest BCUT2D eigenvalue weighted by Crippen LogP contribution is -2.45. The van der Waals surface area contributed by atoms with Gasteiger partial charge in [0.1, 0.15) is 0 Å². The van der Waals surface area contributed by atoms with Crippen molar-refractivity contribution in [2.24, 2.45) is 0 Å². The molecule has 0 saturated carbocycles. The molecule has 6 heteroatoms. The second-order valence-corrected chi connectivity index (χ2v) is 11.4. The van der Waals surface area contributed by atoms with Gasteiger partial charge < -0.3 is 4.90 Å². The van der Waals surface area contributed by atoms with Crippen molar-refractivity contribution in [1.29, 1.82) is 0 Å². The van der Waals surface area contributed by atoms with E-state index in [2.05, 4.69) is 59.6 Å².